The van der Waals surface area contributed by atoms with E-state index in [4.69, 9.17) is 5.11 Å². The Morgan fingerprint density at radius 1 is 1.33 bits per heavy atom. The lowest BCUT2D eigenvalue weighted by Gasteiger charge is -2.16. The van der Waals surface area contributed by atoms with Crippen LogP contribution in [0, 0.1) is 13.8 Å². The molecule has 0 bridgehead atoms. The molecule has 0 saturated heterocycles. The van der Waals surface area contributed by atoms with Gasteiger partial charge in [-0.05, 0) is 44.9 Å². The van der Waals surface area contributed by atoms with Gasteiger partial charge in [-0.2, -0.15) is 0 Å². The molecule has 84 valence electrons. The number of nitrogens with one attached hydrogen (secondary N) is 1. The van der Waals surface area contributed by atoms with Crippen molar-refractivity contribution in [2.24, 2.45) is 0 Å². The maximum absolute atomic E-state index is 8.70. The molecule has 0 aliphatic carbocycles. The van der Waals surface area contributed by atoms with E-state index >= 15 is 0 Å². The highest BCUT2D eigenvalue weighted by Crippen LogP contribution is 2.18. The van der Waals surface area contributed by atoms with Crippen LogP contribution >= 0.6 is 0 Å². The Balaban J connectivity index is 2.61. The van der Waals surface area contributed by atoms with E-state index in [1.165, 1.54) is 16.7 Å². The van der Waals surface area contributed by atoms with Gasteiger partial charge in [0.2, 0.25) is 0 Å². The quantitative estimate of drug-likeness (QED) is 0.726. The standard InChI is InChI=1S/C13H21NO/c1-10-5-6-13(11(2)9-10)12(3)14-7-4-8-15/h5-6,9,12,14-15H,4,7-8H2,1-3H3/t12-/m1/s1. The normalized spacial score (nSPS) is 12.8. The van der Waals surface area contributed by atoms with Gasteiger partial charge in [-0.3, -0.25) is 0 Å². The van der Waals surface area contributed by atoms with E-state index in [0.29, 0.717) is 6.04 Å². The molecule has 0 unspecified atom stereocenters. The number of hydrogen-bond donors (Lipinski definition) is 2. The molecule has 0 spiro atoms. The van der Waals surface area contributed by atoms with Crippen LogP contribution in [0.4, 0.5) is 0 Å². The van der Waals surface area contributed by atoms with Gasteiger partial charge in [0.15, 0.2) is 0 Å². The molecule has 1 aromatic carbocycles. The van der Waals surface area contributed by atoms with Crippen molar-refractivity contribution in [3.63, 3.8) is 0 Å². The number of rotatable bonds is 5. The molecule has 2 N–H and O–H groups in total. The van der Waals surface area contributed by atoms with Gasteiger partial charge >= 0.3 is 0 Å². The Bertz CT molecular complexity index is 309. The maximum Gasteiger partial charge on any atom is 0.0443 e. The minimum absolute atomic E-state index is 0.257. The van der Waals surface area contributed by atoms with Crippen molar-refractivity contribution in [3.05, 3.63) is 34.9 Å². The Kier molecular flexibility index (Phi) is 4.79. The van der Waals surface area contributed by atoms with Crippen molar-refractivity contribution in [3.8, 4) is 0 Å². The van der Waals surface area contributed by atoms with Gasteiger partial charge in [-0.1, -0.05) is 23.8 Å². The lowest BCUT2D eigenvalue weighted by Crippen LogP contribution is -2.21. The summed E-state index contributed by atoms with van der Waals surface area (Å²) in [5.41, 5.74) is 3.98. The molecule has 2 heteroatoms. The molecule has 15 heavy (non-hydrogen) atoms. The maximum atomic E-state index is 8.70. The second kappa shape index (κ2) is 5.89. The average Bonchev–Trinajstić information content (AvgIpc) is 2.17. The molecule has 0 amide bonds. The van der Waals surface area contributed by atoms with Crippen LogP contribution in [-0.2, 0) is 0 Å². The second-order valence-corrected chi connectivity index (χ2v) is 4.11. The van der Waals surface area contributed by atoms with E-state index in [1.807, 2.05) is 0 Å². The molecule has 1 rings (SSSR count). The summed E-state index contributed by atoms with van der Waals surface area (Å²) in [5, 5.41) is 12.1. The van der Waals surface area contributed by atoms with E-state index in [9.17, 15) is 0 Å². The van der Waals surface area contributed by atoms with Crippen LogP contribution in [0.1, 0.15) is 36.1 Å². The monoisotopic (exact) mass is 207 g/mol. The van der Waals surface area contributed by atoms with Crippen molar-refractivity contribution in [2.45, 2.75) is 33.2 Å². The second-order valence-electron chi connectivity index (χ2n) is 4.11. The van der Waals surface area contributed by atoms with E-state index in [0.717, 1.165) is 13.0 Å². The highest BCUT2D eigenvalue weighted by molar-refractivity contribution is 5.32. The number of aliphatic hydroxyl groups excluding tert-OH is 1. The summed E-state index contributed by atoms with van der Waals surface area (Å²) < 4.78 is 0. The summed E-state index contributed by atoms with van der Waals surface area (Å²) in [6.45, 7) is 7.54. The third kappa shape index (κ3) is 3.65. The van der Waals surface area contributed by atoms with Gasteiger partial charge in [0, 0.05) is 12.6 Å². The number of aliphatic hydroxyl groups is 1. The first-order valence-electron chi connectivity index (χ1n) is 5.56. The lowest BCUT2D eigenvalue weighted by molar-refractivity contribution is 0.284. The van der Waals surface area contributed by atoms with Crippen LogP contribution in [0.25, 0.3) is 0 Å². The van der Waals surface area contributed by atoms with E-state index in [1.54, 1.807) is 0 Å². The first-order valence-corrected chi connectivity index (χ1v) is 5.56. The molecule has 1 atom stereocenters. The molecule has 0 aromatic heterocycles. The summed E-state index contributed by atoms with van der Waals surface area (Å²) in [7, 11) is 0. The smallest absolute Gasteiger partial charge is 0.0443 e. The van der Waals surface area contributed by atoms with Crippen LogP contribution in [0.5, 0.6) is 0 Å². The Morgan fingerprint density at radius 3 is 2.67 bits per heavy atom. The number of benzene rings is 1. The third-order valence-corrected chi connectivity index (χ3v) is 2.68. The molecule has 0 saturated carbocycles. The van der Waals surface area contributed by atoms with Crippen LogP contribution in [-0.4, -0.2) is 18.3 Å². The average molecular weight is 207 g/mol. The molecule has 0 fully saturated rings. The van der Waals surface area contributed by atoms with Gasteiger partial charge in [-0.25, -0.2) is 0 Å². The zero-order chi connectivity index (χ0) is 11.3. The zero-order valence-electron chi connectivity index (χ0n) is 9.88. The highest BCUT2D eigenvalue weighted by atomic mass is 16.3. The molecule has 0 heterocycles. The van der Waals surface area contributed by atoms with Crippen molar-refractivity contribution in [1.29, 1.82) is 0 Å². The summed E-state index contributed by atoms with van der Waals surface area (Å²) in [5.74, 6) is 0. The van der Waals surface area contributed by atoms with Gasteiger partial charge in [0.1, 0.15) is 0 Å². The largest absolute Gasteiger partial charge is 0.396 e. The fraction of sp³-hybridized carbons (Fsp3) is 0.538. The van der Waals surface area contributed by atoms with Gasteiger partial charge < -0.3 is 10.4 Å². The van der Waals surface area contributed by atoms with E-state index in [-0.39, 0.29) is 6.61 Å². The molecule has 0 aliphatic rings. The molecular weight excluding hydrogens is 186 g/mol. The van der Waals surface area contributed by atoms with Gasteiger partial charge in [0.25, 0.3) is 0 Å². The zero-order valence-corrected chi connectivity index (χ0v) is 9.88. The minimum Gasteiger partial charge on any atom is -0.396 e. The minimum atomic E-state index is 0.257. The topological polar surface area (TPSA) is 32.3 Å². The number of hydrogen-bond acceptors (Lipinski definition) is 2. The molecular formula is C13H21NO. The van der Waals surface area contributed by atoms with Crippen molar-refractivity contribution >= 4 is 0 Å². The SMILES string of the molecule is Cc1ccc([C@@H](C)NCCCO)c(C)c1. The lowest BCUT2D eigenvalue weighted by atomic mass is 10.0. The first kappa shape index (κ1) is 12.2. The molecule has 0 aliphatic heterocycles. The summed E-state index contributed by atoms with van der Waals surface area (Å²) >= 11 is 0. The van der Waals surface area contributed by atoms with Crippen LogP contribution in [0.15, 0.2) is 18.2 Å². The fourth-order valence-corrected chi connectivity index (χ4v) is 1.82. The molecule has 2 nitrogen and oxygen atoms in total. The predicted molar refractivity (Wildman–Crippen MR) is 64.0 cm³/mol. The fourth-order valence-electron chi connectivity index (χ4n) is 1.82. The van der Waals surface area contributed by atoms with E-state index < -0.39 is 0 Å². The summed E-state index contributed by atoms with van der Waals surface area (Å²) in [6.07, 6.45) is 0.815. The third-order valence-electron chi connectivity index (χ3n) is 2.68. The van der Waals surface area contributed by atoms with Crippen molar-refractivity contribution in [1.82, 2.24) is 5.32 Å². The highest BCUT2D eigenvalue weighted by Gasteiger charge is 2.06. The summed E-state index contributed by atoms with van der Waals surface area (Å²) in [6, 6.07) is 6.89. The Hall–Kier alpha value is -0.860. The van der Waals surface area contributed by atoms with Gasteiger partial charge in [0.05, 0.1) is 0 Å². The van der Waals surface area contributed by atoms with Crippen LogP contribution < -0.4 is 5.32 Å². The Morgan fingerprint density at radius 2 is 2.07 bits per heavy atom. The Labute approximate surface area is 92.3 Å². The van der Waals surface area contributed by atoms with Gasteiger partial charge in [-0.15, -0.1) is 0 Å². The van der Waals surface area contributed by atoms with Crippen LogP contribution in [0.2, 0.25) is 0 Å². The molecule has 1 aromatic rings. The number of aryl methyl sites for hydroxylation is 2. The van der Waals surface area contributed by atoms with E-state index in [2.05, 4.69) is 44.3 Å². The van der Waals surface area contributed by atoms with Crippen molar-refractivity contribution < 1.29 is 5.11 Å². The first-order chi connectivity index (χ1) is 7.15. The van der Waals surface area contributed by atoms with Crippen LogP contribution in [0.3, 0.4) is 0 Å². The molecule has 0 radical (unpaired) electrons. The summed E-state index contributed by atoms with van der Waals surface area (Å²) in [4.78, 5) is 0. The van der Waals surface area contributed by atoms with Crippen molar-refractivity contribution in [2.75, 3.05) is 13.2 Å². The predicted octanol–water partition coefficient (Wildman–Crippen LogP) is 2.34.